The summed E-state index contributed by atoms with van der Waals surface area (Å²) in [6, 6.07) is 24.4. The van der Waals surface area contributed by atoms with Crippen LogP contribution >= 0.6 is 0 Å². The predicted molar refractivity (Wildman–Crippen MR) is 122 cm³/mol. The van der Waals surface area contributed by atoms with Gasteiger partial charge in [0, 0.05) is 16.6 Å². The van der Waals surface area contributed by atoms with Gasteiger partial charge in [-0.15, -0.1) is 0 Å². The second-order valence-electron chi connectivity index (χ2n) is 7.36. The van der Waals surface area contributed by atoms with Crippen LogP contribution in [0.1, 0.15) is 21.5 Å². The molecule has 4 rings (SSSR count). The van der Waals surface area contributed by atoms with Crippen molar-refractivity contribution in [2.24, 2.45) is 0 Å². The number of ether oxygens (including phenoxy) is 1. The van der Waals surface area contributed by atoms with Crippen LogP contribution < -0.4 is 5.32 Å². The highest BCUT2D eigenvalue weighted by atomic mass is 16.5. The van der Waals surface area contributed by atoms with Gasteiger partial charge in [-0.25, -0.2) is 9.78 Å². The number of hydrogen-bond acceptors (Lipinski definition) is 4. The number of para-hydroxylation sites is 1. The Balaban J connectivity index is 1.54. The van der Waals surface area contributed by atoms with Gasteiger partial charge in [0.25, 0.3) is 5.91 Å². The van der Waals surface area contributed by atoms with E-state index in [2.05, 4.69) is 10.3 Å². The first kappa shape index (κ1) is 20.3. The number of carbonyl (C=O) groups excluding carboxylic acids is 2. The van der Waals surface area contributed by atoms with E-state index in [0.29, 0.717) is 27.8 Å². The van der Waals surface area contributed by atoms with E-state index in [1.165, 1.54) is 0 Å². The van der Waals surface area contributed by atoms with E-state index < -0.39 is 11.9 Å². The van der Waals surface area contributed by atoms with Crippen LogP contribution in [0.25, 0.3) is 22.2 Å². The van der Waals surface area contributed by atoms with Crippen molar-refractivity contribution < 1.29 is 14.3 Å². The van der Waals surface area contributed by atoms with E-state index in [1.54, 1.807) is 6.07 Å². The van der Waals surface area contributed by atoms with Crippen molar-refractivity contribution in [1.82, 2.24) is 4.98 Å². The molecule has 4 aromatic rings. The summed E-state index contributed by atoms with van der Waals surface area (Å²) >= 11 is 0. The Bertz CT molecular complexity index is 1270. The number of rotatable bonds is 5. The smallest absolute Gasteiger partial charge is 0.339 e. The summed E-state index contributed by atoms with van der Waals surface area (Å²) in [5.74, 6) is -0.954. The maximum absolute atomic E-state index is 12.9. The van der Waals surface area contributed by atoms with Crippen LogP contribution in [0, 0.1) is 13.8 Å². The van der Waals surface area contributed by atoms with E-state index in [-0.39, 0.29) is 6.61 Å². The molecule has 0 atom stereocenters. The van der Waals surface area contributed by atoms with Gasteiger partial charge in [-0.05, 0) is 49.2 Å². The average molecular weight is 410 g/mol. The molecule has 5 heteroatoms. The molecule has 0 aliphatic carbocycles. The van der Waals surface area contributed by atoms with Crippen LogP contribution in [0.2, 0.25) is 0 Å². The number of nitrogens with zero attached hydrogens (tertiary/aromatic N) is 1. The van der Waals surface area contributed by atoms with E-state index in [9.17, 15) is 9.59 Å². The van der Waals surface area contributed by atoms with Gasteiger partial charge in [0.2, 0.25) is 0 Å². The van der Waals surface area contributed by atoms with Gasteiger partial charge in [0.15, 0.2) is 6.61 Å². The van der Waals surface area contributed by atoms with Gasteiger partial charge in [-0.3, -0.25) is 4.79 Å². The number of hydrogen-bond donors (Lipinski definition) is 1. The molecular weight excluding hydrogens is 388 g/mol. The summed E-state index contributed by atoms with van der Waals surface area (Å²) in [6.45, 7) is 3.61. The largest absolute Gasteiger partial charge is 0.452 e. The van der Waals surface area contributed by atoms with Crippen LogP contribution in [0.15, 0.2) is 78.9 Å². The Labute approximate surface area is 180 Å². The fourth-order valence-electron chi connectivity index (χ4n) is 3.33. The molecule has 3 aromatic carbocycles. The highest BCUT2D eigenvalue weighted by Gasteiger charge is 2.16. The number of nitrogens with one attached hydrogen (secondary N) is 1. The minimum absolute atomic E-state index is 0.372. The predicted octanol–water partition coefficient (Wildman–Crippen LogP) is 5.31. The topological polar surface area (TPSA) is 68.3 Å². The highest BCUT2D eigenvalue weighted by molar-refractivity contribution is 6.05. The zero-order chi connectivity index (χ0) is 21.8. The van der Waals surface area contributed by atoms with Gasteiger partial charge in [0.05, 0.1) is 16.8 Å². The van der Waals surface area contributed by atoms with Crippen molar-refractivity contribution >= 4 is 28.5 Å². The van der Waals surface area contributed by atoms with Gasteiger partial charge in [-0.2, -0.15) is 0 Å². The molecule has 154 valence electrons. The Hall–Kier alpha value is -3.99. The van der Waals surface area contributed by atoms with Crippen molar-refractivity contribution in [1.29, 1.82) is 0 Å². The summed E-state index contributed by atoms with van der Waals surface area (Å²) in [5, 5.41) is 3.44. The molecule has 1 N–H and O–H groups in total. The summed E-state index contributed by atoms with van der Waals surface area (Å²) in [7, 11) is 0. The zero-order valence-electron chi connectivity index (χ0n) is 17.4. The van der Waals surface area contributed by atoms with Crippen LogP contribution in [0.5, 0.6) is 0 Å². The fourth-order valence-corrected chi connectivity index (χ4v) is 3.33. The number of fused-ring (bicyclic) bond motifs is 1. The minimum Gasteiger partial charge on any atom is -0.452 e. The number of aromatic nitrogens is 1. The van der Waals surface area contributed by atoms with Crippen molar-refractivity contribution in [3.63, 3.8) is 0 Å². The summed E-state index contributed by atoms with van der Waals surface area (Å²) < 4.78 is 5.34. The van der Waals surface area contributed by atoms with E-state index >= 15 is 0 Å². The molecule has 0 aliphatic heterocycles. The second-order valence-corrected chi connectivity index (χ2v) is 7.36. The van der Waals surface area contributed by atoms with Crippen molar-refractivity contribution in [3.05, 3.63) is 95.6 Å². The van der Waals surface area contributed by atoms with Crippen molar-refractivity contribution in [2.45, 2.75) is 13.8 Å². The SMILES string of the molecule is Cc1ccc(NC(=O)COC(=O)c2cc(-c3ccccc3)nc3ccccc23)cc1C. The Morgan fingerprint density at radius 2 is 1.61 bits per heavy atom. The number of aryl methyl sites for hydroxylation is 2. The fraction of sp³-hybridized carbons (Fsp3) is 0.115. The monoisotopic (exact) mass is 410 g/mol. The quantitative estimate of drug-likeness (QED) is 0.453. The number of esters is 1. The van der Waals surface area contributed by atoms with Crippen LogP contribution in [0.4, 0.5) is 5.69 Å². The highest BCUT2D eigenvalue weighted by Crippen LogP contribution is 2.25. The lowest BCUT2D eigenvalue weighted by Gasteiger charge is -2.11. The molecule has 0 radical (unpaired) electrons. The molecule has 31 heavy (non-hydrogen) atoms. The molecule has 0 unspecified atom stereocenters. The third-order valence-electron chi connectivity index (χ3n) is 5.13. The van der Waals surface area contributed by atoms with Gasteiger partial charge in [-0.1, -0.05) is 54.6 Å². The maximum Gasteiger partial charge on any atom is 0.339 e. The number of pyridine rings is 1. The lowest BCUT2D eigenvalue weighted by atomic mass is 10.0. The van der Waals surface area contributed by atoms with Crippen LogP contribution in [-0.4, -0.2) is 23.5 Å². The number of anilines is 1. The molecule has 0 saturated heterocycles. The Kier molecular flexibility index (Phi) is 5.76. The Morgan fingerprint density at radius 1 is 0.871 bits per heavy atom. The van der Waals surface area contributed by atoms with Crippen molar-refractivity contribution in [2.75, 3.05) is 11.9 Å². The molecule has 1 aromatic heterocycles. The van der Waals surface area contributed by atoms with Gasteiger partial charge in [0.1, 0.15) is 0 Å². The zero-order valence-corrected chi connectivity index (χ0v) is 17.4. The van der Waals surface area contributed by atoms with E-state index in [4.69, 9.17) is 4.74 Å². The van der Waals surface area contributed by atoms with Crippen molar-refractivity contribution in [3.8, 4) is 11.3 Å². The summed E-state index contributed by atoms with van der Waals surface area (Å²) in [4.78, 5) is 29.8. The normalized spacial score (nSPS) is 10.6. The first-order chi connectivity index (χ1) is 15.0. The lowest BCUT2D eigenvalue weighted by molar-refractivity contribution is -0.119. The third kappa shape index (κ3) is 4.61. The maximum atomic E-state index is 12.9. The minimum atomic E-state index is -0.564. The summed E-state index contributed by atoms with van der Waals surface area (Å²) in [5.41, 5.74) is 5.53. The third-order valence-corrected chi connectivity index (χ3v) is 5.13. The molecule has 1 heterocycles. The number of carbonyl (C=O) groups is 2. The summed E-state index contributed by atoms with van der Waals surface area (Å²) in [6.07, 6.45) is 0. The molecule has 0 fully saturated rings. The number of benzene rings is 3. The van der Waals surface area contributed by atoms with E-state index in [1.807, 2.05) is 86.6 Å². The average Bonchev–Trinajstić information content (AvgIpc) is 2.79. The molecule has 5 nitrogen and oxygen atoms in total. The van der Waals surface area contributed by atoms with Crippen LogP contribution in [-0.2, 0) is 9.53 Å². The molecule has 0 spiro atoms. The molecule has 0 saturated carbocycles. The molecule has 1 amide bonds. The number of amides is 1. The lowest BCUT2D eigenvalue weighted by Crippen LogP contribution is -2.21. The first-order valence-corrected chi connectivity index (χ1v) is 10.0. The Morgan fingerprint density at radius 3 is 2.39 bits per heavy atom. The van der Waals surface area contributed by atoms with Gasteiger partial charge < -0.3 is 10.1 Å². The molecule has 0 aliphatic rings. The standard InChI is InChI=1S/C26H22N2O3/c1-17-12-13-20(14-18(17)2)27-25(29)16-31-26(30)22-15-24(19-8-4-3-5-9-19)28-23-11-7-6-10-21(22)23/h3-15H,16H2,1-2H3,(H,27,29). The van der Waals surface area contributed by atoms with Gasteiger partial charge >= 0.3 is 5.97 Å². The second kappa shape index (κ2) is 8.79. The molecule has 0 bridgehead atoms. The van der Waals surface area contributed by atoms with Crippen LogP contribution in [0.3, 0.4) is 0 Å². The van der Waals surface area contributed by atoms with E-state index in [0.717, 1.165) is 16.7 Å². The first-order valence-electron chi connectivity index (χ1n) is 10.0. The molecular formula is C26H22N2O3.